The van der Waals surface area contributed by atoms with E-state index in [9.17, 15) is 10.1 Å². The molecular weight excluding hydrogens is 512 g/mol. The highest BCUT2D eigenvalue weighted by atomic mass is 16.3. The number of nitrogens with two attached hydrogens (primary N) is 1. The van der Waals surface area contributed by atoms with Gasteiger partial charge in [0.15, 0.2) is 11.5 Å². The Balaban J connectivity index is 1.34. The van der Waals surface area contributed by atoms with Crippen LogP contribution in [0.4, 0.5) is 5.69 Å². The minimum absolute atomic E-state index is 0.227. The molecule has 4 N–H and O–H groups in total. The molecule has 0 bridgehead atoms. The van der Waals surface area contributed by atoms with Gasteiger partial charge in [0.2, 0.25) is 5.91 Å². The molecule has 1 aromatic carbocycles. The molecule has 1 aliphatic heterocycles. The van der Waals surface area contributed by atoms with Crippen molar-refractivity contribution in [1.29, 1.82) is 5.26 Å². The molecule has 1 atom stereocenters. The van der Waals surface area contributed by atoms with E-state index >= 15 is 0 Å². The minimum atomic E-state index is -0.365. The van der Waals surface area contributed by atoms with E-state index in [0.717, 1.165) is 85.4 Å². The smallest absolute Gasteiger partial charge is 0.246 e. The molecule has 1 aromatic heterocycles. The van der Waals surface area contributed by atoms with Crippen LogP contribution in [0.5, 0.6) is 0 Å². The fraction of sp³-hybridized carbons (Fsp3) is 0.424. The third-order valence-electron chi connectivity index (χ3n) is 8.27. The molecule has 2 heterocycles. The number of nitriles is 1. The maximum Gasteiger partial charge on any atom is 0.246 e. The summed E-state index contributed by atoms with van der Waals surface area (Å²) in [5, 5.41) is 16.7. The number of carbonyl (C=O) groups is 1. The average Bonchev–Trinajstić information content (AvgIpc) is 3.31. The van der Waals surface area contributed by atoms with Crippen LogP contribution in [0.25, 0.3) is 11.1 Å². The summed E-state index contributed by atoms with van der Waals surface area (Å²) < 4.78 is 5.63. The third kappa shape index (κ3) is 6.91. The number of carbonyl (C=O) groups excluding carboxylic acids is 1. The topological polar surface area (TPSA) is 120 Å². The summed E-state index contributed by atoms with van der Waals surface area (Å²) in [4.78, 5) is 19.5. The maximum atomic E-state index is 12.6. The zero-order chi connectivity index (χ0) is 28.9. The number of piperidine rings is 1. The third-order valence-corrected chi connectivity index (χ3v) is 8.27. The number of allylic oxidation sites excluding steroid dienone is 7. The van der Waals surface area contributed by atoms with Gasteiger partial charge < -0.3 is 25.7 Å². The van der Waals surface area contributed by atoms with Gasteiger partial charge in [-0.15, -0.1) is 0 Å². The average molecular weight is 553 g/mol. The monoisotopic (exact) mass is 552 g/mol. The molecule has 8 nitrogen and oxygen atoms in total. The maximum absolute atomic E-state index is 12.6. The Morgan fingerprint density at radius 1 is 1.17 bits per heavy atom. The molecule has 1 saturated heterocycles. The second-order valence-corrected chi connectivity index (χ2v) is 11.5. The summed E-state index contributed by atoms with van der Waals surface area (Å²) in [7, 11) is 0. The summed E-state index contributed by atoms with van der Waals surface area (Å²) in [6.07, 6.45) is 14.3. The minimum Gasteiger partial charge on any atom is -0.441 e. The summed E-state index contributed by atoms with van der Waals surface area (Å²) >= 11 is 0. The molecule has 2 aromatic rings. The van der Waals surface area contributed by atoms with E-state index < -0.39 is 0 Å². The first kappa shape index (κ1) is 28.3. The number of fused-ring (bicyclic) bond motifs is 1. The number of hydrogen-bond acceptors (Lipinski definition) is 7. The number of nitrogens with one attached hydrogen (secondary N) is 2. The second-order valence-electron chi connectivity index (χ2n) is 11.5. The molecule has 0 spiro atoms. The molecule has 8 heteroatoms. The Morgan fingerprint density at radius 3 is 2.73 bits per heavy atom. The van der Waals surface area contributed by atoms with Crippen LogP contribution in [0.3, 0.4) is 0 Å². The molecule has 2 aliphatic carbocycles. The highest BCUT2D eigenvalue weighted by Crippen LogP contribution is 2.29. The lowest BCUT2D eigenvalue weighted by Crippen LogP contribution is -2.42. The van der Waals surface area contributed by atoms with Gasteiger partial charge in [-0.25, -0.2) is 4.98 Å². The normalized spacial score (nSPS) is 20.9. The van der Waals surface area contributed by atoms with Gasteiger partial charge in [0.1, 0.15) is 5.52 Å². The van der Waals surface area contributed by atoms with E-state index in [2.05, 4.69) is 52.6 Å². The fourth-order valence-corrected chi connectivity index (χ4v) is 5.96. The first-order valence-corrected chi connectivity index (χ1v) is 14.7. The number of nitrogens with zero attached hydrogens (tertiary/aromatic N) is 3. The number of aromatic nitrogens is 1. The number of primary amides is 1. The van der Waals surface area contributed by atoms with Crippen molar-refractivity contribution in [3.8, 4) is 6.07 Å². The van der Waals surface area contributed by atoms with Crippen LogP contribution in [0.2, 0.25) is 0 Å². The lowest BCUT2D eigenvalue weighted by atomic mass is 9.90. The number of rotatable bonds is 6. The number of anilines is 1. The Labute approximate surface area is 242 Å². The lowest BCUT2D eigenvalue weighted by Gasteiger charge is -2.37. The van der Waals surface area contributed by atoms with Crippen molar-refractivity contribution in [2.75, 3.05) is 18.4 Å². The van der Waals surface area contributed by atoms with Crippen molar-refractivity contribution in [1.82, 2.24) is 15.2 Å². The van der Waals surface area contributed by atoms with Gasteiger partial charge in [-0.3, -0.25) is 4.79 Å². The lowest BCUT2D eigenvalue weighted by molar-refractivity contribution is -0.114. The Hall–Kier alpha value is -4.25. The fourth-order valence-electron chi connectivity index (χ4n) is 5.96. The van der Waals surface area contributed by atoms with Crippen LogP contribution >= 0.6 is 0 Å². The predicted octanol–water partition coefficient (Wildman–Crippen LogP) is 6.12. The van der Waals surface area contributed by atoms with Gasteiger partial charge in [0, 0.05) is 60.0 Å². The summed E-state index contributed by atoms with van der Waals surface area (Å²) in [6.45, 7) is 8.02. The Kier molecular flexibility index (Phi) is 8.63. The standard InChI is InChI=1S/C33H40N6O2/c1-21-7-9-26(37-27-10-12-32-30(19-27)36-23(3)41-32)18-29(28(17-21)33(35)40)38-25-13-15-39(16-14-25)31-11-8-24(20-34)6-4-5-22(31)2/h6,8,10-12,18-19,21,25,37-38H,4-5,7,9,13-17H2,1-3H3,(H2,35,40). The van der Waals surface area contributed by atoms with Gasteiger partial charge in [0.05, 0.1) is 6.07 Å². The van der Waals surface area contributed by atoms with Crippen molar-refractivity contribution < 1.29 is 9.21 Å². The summed E-state index contributed by atoms with van der Waals surface area (Å²) in [5.41, 5.74) is 14.3. The van der Waals surface area contributed by atoms with Crippen LogP contribution in [-0.4, -0.2) is 34.9 Å². The number of benzene rings is 1. The van der Waals surface area contributed by atoms with Crippen molar-refractivity contribution in [2.24, 2.45) is 11.7 Å². The number of amides is 1. The molecule has 5 rings (SSSR count). The van der Waals surface area contributed by atoms with Crippen molar-refractivity contribution >= 4 is 22.7 Å². The Bertz CT molecular complexity index is 1510. The first-order chi connectivity index (χ1) is 19.8. The SMILES string of the molecule is CC1=C(N2CCC(NC3=C(C(N)=O)CC(C)CCC(Nc4ccc5oc(C)nc5c4)=C3)CC2)C=CC(C#N)=CCC1. The summed E-state index contributed by atoms with van der Waals surface area (Å²) in [6, 6.07) is 8.42. The van der Waals surface area contributed by atoms with Gasteiger partial charge in [-0.2, -0.15) is 5.26 Å². The number of oxazole rings is 1. The molecular formula is C33H40N6O2. The predicted molar refractivity (Wildman–Crippen MR) is 162 cm³/mol. The highest BCUT2D eigenvalue weighted by molar-refractivity contribution is 5.93. The molecule has 0 saturated carbocycles. The number of hydrogen-bond donors (Lipinski definition) is 3. The van der Waals surface area contributed by atoms with E-state index in [-0.39, 0.29) is 11.9 Å². The van der Waals surface area contributed by atoms with E-state index in [4.69, 9.17) is 10.2 Å². The highest BCUT2D eigenvalue weighted by Gasteiger charge is 2.25. The van der Waals surface area contributed by atoms with Crippen LogP contribution in [0, 0.1) is 24.2 Å². The van der Waals surface area contributed by atoms with Gasteiger partial charge in [-0.1, -0.05) is 13.0 Å². The Morgan fingerprint density at radius 2 is 1.98 bits per heavy atom. The van der Waals surface area contributed by atoms with Crippen molar-refractivity contribution in [3.05, 3.63) is 82.2 Å². The second kappa shape index (κ2) is 12.5. The van der Waals surface area contributed by atoms with Crippen LogP contribution in [-0.2, 0) is 4.79 Å². The molecule has 214 valence electrons. The number of aryl methyl sites for hydroxylation is 1. The van der Waals surface area contributed by atoms with Crippen molar-refractivity contribution in [3.63, 3.8) is 0 Å². The van der Waals surface area contributed by atoms with E-state index in [1.165, 1.54) is 11.3 Å². The zero-order valence-corrected chi connectivity index (χ0v) is 24.3. The van der Waals surface area contributed by atoms with E-state index in [1.807, 2.05) is 37.3 Å². The van der Waals surface area contributed by atoms with Gasteiger partial charge >= 0.3 is 0 Å². The molecule has 41 heavy (non-hydrogen) atoms. The largest absolute Gasteiger partial charge is 0.441 e. The number of likely N-dealkylation sites (tertiary alicyclic amines) is 1. The summed E-state index contributed by atoms with van der Waals surface area (Å²) in [5.74, 6) is 0.606. The quantitative estimate of drug-likeness (QED) is 0.395. The van der Waals surface area contributed by atoms with E-state index in [1.54, 1.807) is 0 Å². The first-order valence-electron chi connectivity index (χ1n) is 14.7. The molecule has 1 fully saturated rings. The van der Waals surface area contributed by atoms with Gasteiger partial charge in [-0.05, 0) is 99.8 Å². The zero-order valence-electron chi connectivity index (χ0n) is 24.3. The molecule has 1 amide bonds. The molecule has 1 unspecified atom stereocenters. The van der Waals surface area contributed by atoms with Crippen LogP contribution < -0.4 is 16.4 Å². The van der Waals surface area contributed by atoms with E-state index in [0.29, 0.717) is 23.8 Å². The van der Waals surface area contributed by atoms with Crippen molar-refractivity contribution in [2.45, 2.75) is 71.8 Å². The molecule has 3 aliphatic rings. The van der Waals surface area contributed by atoms with Crippen LogP contribution in [0.15, 0.2) is 80.7 Å². The van der Waals surface area contributed by atoms with Crippen LogP contribution in [0.1, 0.15) is 64.7 Å². The van der Waals surface area contributed by atoms with Gasteiger partial charge in [0.25, 0.3) is 0 Å². The molecule has 0 radical (unpaired) electrons.